The Balaban J connectivity index is 2.09. The lowest BCUT2D eigenvalue weighted by molar-refractivity contribution is 0.425. The van der Waals surface area contributed by atoms with Gasteiger partial charge in [0.1, 0.15) is 12.1 Å². The van der Waals surface area contributed by atoms with Crippen molar-refractivity contribution >= 4 is 11.6 Å². The summed E-state index contributed by atoms with van der Waals surface area (Å²) < 4.78 is 1.78. The van der Waals surface area contributed by atoms with Crippen LogP contribution >= 0.6 is 0 Å². The molecule has 16 heavy (non-hydrogen) atoms. The molecule has 1 fully saturated rings. The molecule has 1 aliphatic rings. The molecule has 0 atom stereocenters. The van der Waals surface area contributed by atoms with Gasteiger partial charge in [0, 0.05) is 31.9 Å². The van der Waals surface area contributed by atoms with Crippen molar-refractivity contribution in [2.45, 2.75) is 13.0 Å². The van der Waals surface area contributed by atoms with E-state index in [0.717, 1.165) is 24.6 Å². The van der Waals surface area contributed by atoms with Crippen molar-refractivity contribution in [3.8, 4) is 0 Å². The summed E-state index contributed by atoms with van der Waals surface area (Å²) in [5.41, 5.74) is 0.967. The van der Waals surface area contributed by atoms with Crippen LogP contribution < -0.4 is 10.2 Å². The SMILES string of the molecule is Cc1cc(N(C)C2CNC2)n2ncnc2n1. The number of anilines is 1. The zero-order valence-corrected chi connectivity index (χ0v) is 9.38. The van der Waals surface area contributed by atoms with Crippen molar-refractivity contribution < 1.29 is 0 Å². The number of rotatable bonds is 2. The van der Waals surface area contributed by atoms with Crippen molar-refractivity contribution in [2.75, 3.05) is 25.0 Å². The summed E-state index contributed by atoms with van der Waals surface area (Å²) in [6.45, 7) is 4.02. The first-order valence-electron chi connectivity index (χ1n) is 5.36. The summed E-state index contributed by atoms with van der Waals surface area (Å²) >= 11 is 0. The lowest BCUT2D eigenvalue weighted by atomic mass is 10.1. The number of hydrogen-bond donors (Lipinski definition) is 1. The molecule has 1 aliphatic heterocycles. The Hall–Kier alpha value is -1.69. The highest BCUT2D eigenvalue weighted by Gasteiger charge is 2.23. The Morgan fingerprint density at radius 2 is 2.31 bits per heavy atom. The van der Waals surface area contributed by atoms with E-state index in [1.165, 1.54) is 6.33 Å². The van der Waals surface area contributed by atoms with Crippen LogP contribution in [-0.2, 0) is 0 Å². The smallest absolute Gasteiger partial charge is 0.254 e. The van der Waals surface area contributed by atoms with E-state index in [2.05, 4.69) is 32.3 Å². The van der Waals surface area contributed by atoms with E-state index in [9.17, 15) is 0 Å². The molecule has 2 aromatic rings. The molecule has 0 saturated carbocycles. The molecule has 0 spiro atoms. The van der Waals surface area contributed by atoms with Gasteiger partial charge in [-0.3, -0.25) is 0 Å². The van der Waals surface area contributed by atoms with Gasteiger partial charge in [0.15, 0.2) is 0 Å². The molecule has 0 bridgehead atoms. The van der Waals surface area contributed by atoms with E-state index in [1.807, 2.05) is 13.0 Å². The number of nitrogens with zero attached hydrogens (tertiary/aromatic N) is 5. The molecule has 84 valence electrons. The second-order valence-electron chi connectivity index (χ2n) is 4.15. The summed E-state index contributed by atoms with van der Waals surface area (Å²) in [4.78, 5) is 10.7. The van der Waals surface area contributed by atoms with Crippen molar-refractivity contribution in [1.29, 1.82) is 0 Å². The van der Waals surface area contributed by atoms with Gasteiger partial charge in [0.25, 0.3) is 5.78 Å². The number of hydrogen-bond acceptors (Lipinski definition) is 5. The average molecular weight is 218 g/mol. The first-order chi connectivity index (χ1) is 7.75. The van der Waals surface area contributed by atoms with Gasteiger partial charge in [-0.05, 0) is 6.92 Å². The third kappa shape index (κ3) is 1.34. The molecule has 0 radical (unpaired) electrons. The van der Waals surface area contributed by atoms with E-state index >= 15 is 0 Å². The fourth-order valence-electron chi connectivity index (χ4n) is 1.90. The van der Waals surface area contributed by atoms with Crippen LogP contribution in [0.3, 0.4) is 0 Å². The van der Waals surface area contributed by atoms with Crippen LogP contribution in [0, 0.1) is 6.92 Å². The van der Waals surface area contributed by atoms with E-state index in [1.54, 1.807) is 4.52 Å². The van der Waals surface area contributed by atoms with E-state index in [0.29, 0.717) is 11.8 Å². The highest BCUT2D eigenvalue weighted by Crippen LogP contribution is 2.18. The van der Waals surface area contributed by atoms with Gasteiger partial charge in [-0.2, -0.15) is 14.6 Å². The number of likely N-dealkylation sites (N-methyl/N-ethyl adjacent to an activating group) is 1. The minimum atomic E-state index is 0.536. The fourth-order valence-corrected chi connectivity index (χ4v) is 1.90. The van der Waals surface area contributed by atoms with Gasteiger partial charge in [0.05, 0.1) is 6.04 Å². The Kier molecular flexibility index (Phi) is 2.03. The molecule has 1 N–H and O–H groups in total. The maximum atomic E-state index is 4.33. The quantitative estimate of drug-likeness (QED) is 0.759. The van der Waals surface area contributed by atoms with Crippen LogP contribution in [0.2, 0.25) is 0 Å². The monoisotopic (exact) mass is 218 g/mol. The van der Waals surface area contributed by atoms with Crippen LogP contribution in [0.25, 0.3) is 5.78 Å². The van der Waals surface area contributed by atoms with Crippen LogP contribution in [0.5, 0.6) is 0 Å². The third-order valence-corrected chi connectivity index (χ3v) is 3.03. The lowest BCUT2D eigenvalue weighted by Gasteiger charge is -2.36. The molecule has 2 aromatic heterocycles. The molecule has 1 saturated heterocycles. The molecule has 0 aliphatic carbocycles. The molecule has 0 aromatic carbocycles. The minimum absolute atomic E-state index is 0.536. The first-order valence-corrected chi connectivity index (χ1v) is 5.36. The van der Waals surface area contributed by atoms with Crippen molar-refractivity contribution in [1.82, 2.24) is 24.9 Å². The van der Waals surface area contributed by atoms with Gasteiger partial charge in [-0.25, -0.2) is 4.98 Å². The molecule has 6 nitrogen and oxygen atoms in total. The van der Waals surface area contributed by atoms with Crippen molar-refractivity contribution in [2.24, 2.45) is 0 Å². The van der Waals surface area contributed by atoms with Gasteiger partial charge in [-0.15, -0.1) is 0 Å². The highest BCUT2D eigenvalue weighted by molar-refractivity contribution is 5.47. The van der Waals surface area contributed by atoms with Crippen LogP contribution in [0.15, 0.2) is 12.4 Å². The van der Waals surface area contributed by atoms with Crippen LogP contribution in [-0.4, -0.2) is 45.8 Å². The molecule has 3 heterocycles. The van der Waals surface area contributed by atoms with Gasteiger partial charge in [-0.1, -0.05) is 0 Å². The number of nitrogens with one attached hydrogen (secondary N) is 1. The first kappa shape index (κ1) is 9.53. The van der Waals surface area contributed by atoms with E-state index < -0.39 is 0 Å². The molecule has 0 unspecified atom stereocenters. The number of aryl methyl sites for hydroxylation is 1. The van der Waals surface area contributed by atoms with Crippen molar-refractivity contribution in [3.05, 3.63) is 18.1 Å². The van der Waals surface area contributed by atoms with E-state index in [-0.39, 0.29) is 0 Å². The van der Waals surface area contributed by atoms with Gasteiger partial charge in [0.2, 0.25) is 0 Å². The maximum absolute atomic E-state index is 4.33. The summed E-state index contributed by atoms with van der Waals surface area (Å²) in [6, 6.07) is 2.58. The lowest BCUT2D eigenvalue weighted by Crippen LogP contribution is -2.56. The molecule has 6 heteroatoms. The molecule has 3 rings (SSSR count). The second-order valence-corrected chi connectivity index (χ2v) is 4.15. The number of fused-ring (bicyclic) bond motifs is 1. The minimum Gasteiger partial charge on any atom is -0.354 e. The predicted molar refractivity (Wildman–Crippen MR) is 60.6 cm³/mol. The van der Waals surface area contributed by atoms with Crippen molar-refractivity contribution in [3.63, 3.8) is 0 Å². The standard InChI is InChI=1S/C10H14N6/c1-7-3-9(15(2)8-4-11-5-8)16-10(14-7)12-6-13-16/h3,6,8,11H,4-5H2,1-2H3. The normalized spacial score (nSPS) is 16.4. The Labute approximate surface area is 93.3 Å². The Bertz CT molecular complexity index is 515. The highest BCUT2D eigenvalue weighted by atomic mass is 15.4. The zero-order chi connectivity index (χ0) is 11.1. The van der Waals surface area contributed by atoms with Gasteiger partial charge >= 0.3 is 0 Å². The molecule has 0 amide bonds. The largest absolute Gasteiger partial charge is 0.354 e. The Morgan fingerprint density at radius 3 is 3.00 bits per heavy atom. The molecular formula is C10H14N6. The summed E-state index contributed by atoms with van der Waals surface area (Å²) in [7, 11) is 2.08. The summed E-state index contributed by atoms with van der Waals surface area (Å²) in [5, 5.41) is 7.47. The molecular weight excluding hydrogens is 204 g/mol. The maximum Gasteiger partial charge on any atom is 0.254 e. The summed E-state index contributed by atoms with van der Waals surface area (Å²) in [6.07, 6.45) is 1.54. The van der Waals surface area contributed by atoms with Crippen LogP contribution in [0.4, 0.5) is 5.82 Å². The van der Waals surface area contributed by atoms with Gasteiger partial charge < -0.3 is 10.2 Å². The summed E-state index contributed by atoms with van der Waals surface area (Å²) in [5.74, 6) is 1.71. The van der Waals surface area contributed by atoms with E-state index in [4.69, 9.17) is 0 Å². The number of aromatic nitrogens is 4. The fraction of sp³-hybridized carbons (Fsp3) is 0.500. The predicted octanol–water partition coefficient (Wildman–Crippen LogP) is -0.159. The second kappa shape index (κ2) is 3.41. The zero-order valence-electron chi connectivity index (χ0n) is 9.38. The Morgan fingerprint density at radius 1 is 1.50 bits per heavy atom. The topological polar surface area (TPSA) is 58.4 Å². The third-order valence-electron chi connectivity index (χ3n) is 3.03. The van der Waals surface area contributed by atoms with Crippen LogP contribution in [0.1, 0.15) is 5.69 Å². The average Bonchev–Trinajstić information content (AvgIpc) is 2.60.